The molecule has 124 valence electrons. The highest BCUT2D eigenvalue weighted by Crippen LogP contribution is 2.27. The molecule has 0 aliphatic carbocycles. The molecule has 4 rings (SSSR count). The van der Waals surface area contributed by atoms with Gasteiger partial charge in [-0.05, 0) is 30.7 Å². The second kappa shape index (κ2) is 6.84. The monoisotopic (exact) mass is 341 g/mol. The van der Waals surface area contributed by atoms with Crippen molar-refractivity contribution < 1.29 is 9.84 Å². The Labute approximate surface area is 144 Å². The van der Waals surface area contributed by atoms with Crippen LogP contribution in [0.2, 0.25) is 0 Å². The molecule has 3 heterocycles. The zero-order chi connectivity index (χ0) is 16.4. The smallest absolute Gasteiger partial charge is 0.129 e. The molecule has 1 aromatic carbocycles. The van der Waals surface area contributed by atoms with Crippen molar-refractivity contribution >= 4 is 22.2 Å². The first kappa shape index (κ1) is 15.5. The first-order valence-electron chi connectivity index (χ1n) is 8.09. The summed E-state index contributed by atoms with van der Waals surface area (Å²) in [6.07, 6.45) is 3.69. The van der Waals surface area contributed by atoms with Gasteiger partial charge in [-0.25, -0.2) is 4.98 Å². The van der Waals surface area contributed by atoms with Crippen LogP contribution in [-0.2, 0) is 6.54 Å². The molecule has 2 aromatic heterocycles. The van der Waals surface area contributed by atoms with Gasteiger partial charge in [0, 0.05) is 36.2 Å². The average Bonchev–Trinajstić information content (AvgIpc) is 3.10. The molecule has 0 radical (unpaired) electrons. The number of hydrogen-bond acceptors (Lipinski definition) is 6. The van der Waals surface area contributed by atoms with Crippen molar-refractivity contribution in [2.45, 2.75) is 25.2 Å². The summed E-state index contributed by atoms with van der Waals surface area (Å²) in [4.78, 5) is 10.9. The minimum Gasteiger partial charge on any atom is -0.487 e. The topological polar surface area (TPSA) is 58.5 Å². The molecule has 1 aliphatic rings. The van der Waals surface area contributed by atoms with Crippen LogP contribution in [0.25, 0.3) is 10.9 Å². The van der Waals surface area contributed by atoms with Crippen molar-refractivity contribution in [2.24, 2.45) is 0 Å². The van der Waals surface area contributed by atoms with Gasteiger partial charge in [0.1, 0.15) is 23.0 Å². The first-order valence-corrected chi connectivity index (χ1v) is 8.97. The van der Waals surface area contributed by atoms with Crippen LogP contribution in [0, 0.1) is 0 Å². The van der Waals surface area contributed by atoms with Gasteiger partial charge in [-0.3, -0.25) is 9.88 Å². The van der Waals surface area contributed by atoms with Crippen LogP contribution in [0.5, 0.6) is 5.75 Å². The number of nitrogens with zero attached hydrogens (tertiary/aromatic N) is 3. The van der Waals surface area contributed by atoms with Gasteiger partial charge in [-0.15, -0.1) is 11.3 Å². The molecule has 1 fully saturated rings. The van der Waals surface area contributed by atoms with Crippen LogP contribution in [0.3, 0.4) is 0 Å². The lowest BCUT2D eigenvalue weighted by Crippen LogP contribution is -2.48. The van der Waals surface area contributed by atoms with E-state index in [2.05, 4.69) is 14.9 Å². The van der Waals surface area contributed by atoms with Gasteiger partial charge in [0.2, 0.25) is 0 Å². The highest BCUT2D eigenvalue weighted by molar-refractivity contribution is 7.09. The van der Waals surface area contributed by atoms with Crippen molar-refractivity contribution in [2.75, 3.05) is 13.1 Å². The van der Waals surface area contributed by atoms with E-state index >= 15 is 0 Å². The van der Waals surface area contributed by atoms with E-state index in [1.54, 1.807) is 17.5 Å². The van der Waals surface area contributed by atoms with E-state index in [1.165, 1.54) is 0 Å². The van der Waals surface area contributed by atoms with Crippen LogP contribution < -0.4 is 4.74 Å². The third-order valence-corrected chi connectivity index (χ3v) is 5.10. The number of fused-ring (bicyclic) bond motifs is 1. The molecule has 1 saturated heterocycles. The van der Waals surface area contributed by atoms with Gasteiger partial charge >= 0.3 is 0 Å². The number of rotatable bonds is 4. The Bertz CT molecular complexity index is 804. The Morgan fingerprint density at radius 2 is 2.17 bits per heavy atom. The minimum absolute atomic E-state index is 0.191. The highest BCUT2D eigenvalue weighted by atomic mass is 32.1. The van der Waals surface area contributed by atoms with E-state index < -0.39 is 6.10 Å². The molecule has 5 nitrogen and oxygen atoms in total. The Morgan fingerprint density at radius 3 is 3.00 bits per heavy atom. The Morgan fingerprint density at radius 1 is 1.21 bits per heavy atom. The van der Waals surface area contributed by atoms with Gasteiger partial charge in [-0.1, -0.05) is 6.07 Å². The molecule has 1 aliphatic heterocycles. The predicted molar refractivity (Wildman–Crippen MR) is 94.2 cm³/mol. The highest BCUT2D eigenvalue weighted by Gasteiger charge is 2.29. The van der Waals surface area contributed by atoms with Gasteiger partial charge in [0.05, 0.1) is 12.1 Å². The molecule has 24 heavy (non-hydrogen) atoms. The number of pyridine rings is 1. The lowest BCUT2D eigenvalue weighted by Gasteiger charge is -2.35. The Hall–Kier alpha value is -2.02. The zero-order valence-electron chi connectivity index (χ0n) is 13.2. The molecule has 3 aromatic rings. The van der Waals surface area contributed by atoms with E-state index in [4.69, 9.17) is 4.74 Å². The number of piperidine rings is 1. The molecule has 0 spiro atoms. The number of aliphatic hydroxyl groups excluding tert-OH is 1. The van der Waals surface area contributed by atoms with Crippen molar-refractivity contribution in [1.82, 2.24) is 14.9 Å². The van der Waals surface area contributed by atoms with Crippen LogP contribution in [0.4, 0.5) is 0 Å². The number of aliphatic hydroxyl groups is 1. The summed E-state index contributed by atoms with van der Waals surface area (Å²) in [5.74, 6) is 0.790. The van der Waals surface area contributed by atoms with Crippen LogP contribution in [0.1, 0.15) is 11.4 Å². The zero-order valence-corrected chi connectivity index (χ0v) is 14.0. The SMILES string of the molecule is O[C@@H]1CN(Cc2nccs2)CC[C@H]1Oc1cccc2ncccc12. The lowest BCUT2D eigenvalue weighted by atomic mass is 10.0. The molecule has 0 amide bonds. The number of benzene rings is 1. The summed E-state index contributed by atoms with van der Waals surface area (Å²) in [6.45, 7) is 2.29. The third kappa shape index (κ3) is 3.26. The van der Waals surface area contributed by atoms with Gasteiger partial charge < -0.3 is 9.84 Å². The lowest BCUT2D eigenvalue weighted by molar-refractivity contribution is -0.0269. The summed E-state index contributed by atoms with van der Waals surface area (Å²) in [5, 5.41) is 14.6. The second-order valence-electron chi connectivity index (χ2n) is 6.00. The maximum atomic E-state index is 10.5. The molecular formula is C18H19N3O2S. The maximum Gasteiger partial charge on any atom is 0.129 e. The molecule has 1 N–H and O–H groups in total. The molecule has 2 atom stereocenters. The second-order valence-corrected chi connectivity index (χ2v) is 6.98. The van der Waals surface area contributed by atoms with Gasteiger partial charge in [-0.2, -0.15) is 0 Å². The van der Waals surface area contributed by atoms with E-state index in [9.17, 15) is 5.11 Å². The van der Waals surface area contributed by atoms with Gasteiger partial charge in [0.15, 0.2) is 0 Å². The van der Waals surface area contributed by atoms with Crippen molar-refractivity contribution in [3.63, 3.8) is 0 Å². The Balaban J connectivity index is 1.44. The predicted octanol–water partition coefficient (Wildman–Crippen LogP) is 2.71. The summed E-state index contributed by atoms with van der Waals surface area (Å²) >= 11 is 1.65. The fourth-order valence-corrected chi connectivity index (χ4v) is 3.78. The number of aromatic nitrogens is 2. The molecule has 6 heteroatoms. The van der Waals surface area contributed by atoms with E-state index in [-0.39, 0.29) is 6.10 Å². The quantitative estimate of drug-likeness (QED) is 0.791. The molecule has 0 bridgehead atoms. The summed E-state index contributed by atoms with van der Waals surface area (Å²) in [6, 6.07) is 9.76. The summed E-state index contributed by atoms with van der Waals surface area (Å²) in [7, 11) is 0. The fraction of sp³-hybridized carbons (Fsp3) is 0.333. The molecular weight excluding hydrogens is 322 g/mol. The average molecular weight is 341 g/mol. The van der Waals surface area contributed by atoms with E-state index in [0.717, 1.165) is 41.2 Å². The minimum atomic E-state index is -0.509. The van der Waals surface area contributed by atoms with Crippen LogP contribution >= 0.6 is 11.3 Å². The third-order valence-electron chi connectivity index (χ3n) is 4.33. The van der Waals surface area contributed by atoms with Crippen molar-refractivity contribution in [1.29, 1.82) is 0 Å². The van der Waals surface area contributed by atoms with Crippen LogP contribution in [0.15, 0.2) is 48.1 Å². The van der Waals surface area contributed by atoms with Crippen molar-refractivity contribution in [3.8, 4) is 5.75 Å². The van der Waals surface area contributed by atoms with E-state index in [1.807, 2.05) is 41.9 Å². The van der Waals surface area contributed by atoms with Gasteiger partial charge in [0.25, 0.3) is 0 Å². The number of likely N-dealkylation sites (tertiary alicyclic amines) is 1. The molecule has 0 unspecified atom stereocenters. The largest absolute Gasteiger partial charge is 0.487 e. The maximum absolute atomic E-state index is 10.5. The number of thiazole rings is 1. The first-order chi connectivity index (χ1) is 11.8. The fourth-order valence-electron chi connectivity index (χ4n) is 3.12. The number of ether oxygens (including phenoxy) is 1. The number of hydrogen-bond donors (Lipinski definition) is 1. The standard InChI is InChI=1S/C18H19N3O2S/c22-15-11-21(12-18-20-8-10-24-18)9-6-17(15)23-16-5-1-4-14-13(16)3-2-7-19-14/h1-5,7-8,10,15,17,22H,6,9,11-12H2/t15-,17-/m1/s1. The van der Waals surface area contributed by atoms with E-state index in [0.29, 0.717) is 6.54 Å². The number of β-amino-alcohol motifs (C(OH)–C–C–N with tert-alkyl or cyclic N) is 1. The summed E-state index contributed by atoms with van der Waals surface area (Å²) < 4.78 is 6.13. The van der Waals surface area contributed by atoms with Crippen LogP contribution in [-0.4, -0.2) is 45.3 Å². The molecule has 0 saturated carbocycles. The normalized spacial score (nSPS) is 21.9. The summed E-state index contributed by atoms with van der Waals surface area (Å²) in [5.41, 5.74) is 0.908. The van der Waals surface area contributed by atoms with Crippen molar-refractivity contribution in [3.05, 3.63) is 53.1 Å². The Kier molecular flexibility index (Phi) is 4.42.